The van der Waals surface area contributed by atoms with Crippen LogP contribution in [0.2, 0.25) is 0 Å². The number of nitrogens with zero attached hydrogens (tertiary/aromatic N) is 3. The summed E-state index contributed by atoms with van der Waals surface area (Å²) in [6.45, 7) is 1.77. The van der Waals surface area contributed by atoms with E-state index < -0.39 is 5.82 Å². The van der Waals surface area contributed by atoms with Crippen LogP contribution in [0.15, 0.2) is 18.5 Å². The fourth-order valence-electron chi connectivity index (χ4n) is 3.34. The van der Waals surface area contributed by atoms with Crippen molar-refractivity contribution in [3.05, 3.63) is 29.8 Å². The van der Waals surface area contributed by atoms with Crippen molar-refractivity contribution in [1.29, 1.82) is 0 Å². The van der Waals surface area contributed by atoms with E-state index in [1.807, 2.05) is 0 Å². The van der Waals surface area contributed by atoms with Gasteiger partial charge >= 0.3 is 6.03 Å². The van der Waals surface area contributed by atoms with E-state index in [0.29, 0.717) is 26.2 Å². The highest BCUT2D eigenvalue weighted by molar-refractivity contribution is 5.94. The molecular formula is C17H23FN4O2. The predicted molar refractivity (Wildman–Crippen MR) is 87.1 cm³/mol. The number of urea groups is 1. The van der Waals surface area contributed by atoms with Crippen molar-refractivity contribution >= 4 is 11.9 Å². The molecule has 1 aromatic rings. The molecule has 1 saturated heterocycles. The number of amides is 3. The van der Waals surface area contributed by atoms with Gasteiger partial charge < -0.3 is 15.1 Å². The molecule has 1 aliphatic heterocycles. The van der Waals surface area contributed by atoms with Crippen LogP contribution in [0.1, 0.15) is 42.5 Å². The average molecular weight is 334 g/mol. The molecule has 3 rings (SSSR count). The molecule has 130 valence electrons. The van der Waals surface area contributed by atoms with Gasteiger partial charge in [0.1, 0.15) is 0 Å². The van der Waals surface area contributed by atoms with Gasteiger partial charge in [0, 0.05) is 38.4 Å². The summed E-state index contributed by atoms with van der Waals surface area (Å²) in [4.78, 5) is 31.6. The molecular weight excluding hydrogens is 311 g/mol. The van der Waals surface area contributed by atoms with Crippen LogP contribution in [0.25, 0.3) is 0 Å². The van der Waals surface area contributed by atoms with E-state index >= 15 is 0 Å². The molecule has 24 heavy (non-hydrogen) atoms. The summed E-state index contributed by atoms with van der Waals surface area (Å²) < 4.78 is 13.7. The second-order valence-corrected chi connectivity index (χ2v) is 6.42. The van der Waals surface area contributed by atoms with Crippen molar-refractivity contribution in [3.8, 4) is 0 Å². The molecule has 0 atom stereocenters. The third kappa shape index (κ3) is 3.83. The van der Waals surface area contributed by atoms with Crippen LogP contribution >= 0.6 is 0 Å². The number of halogens is 1. The van der Waals surface area contributed by atoms with E-state index in [9.17, 15) is 14.0 Å². The molecule has 7 heteroatoms. The minimum Gasteiger partial charge on any atom is -0.335 e. The zero-order valence-corrected chi connectivity index (χ0v) is 13.7. The Morgan fingerprint density at radius 2 is 1.75 bits per heavy atom. The van der Waals surface area contributed by atoms with E-state index in [1.54, 1.807) is 9.80 Å². The molecule has 2 aliphatic rings. The molecule has 1 aromatic heterocycles. The number of nitrogens with one attached hydrogen (secondary N) is 1. The normalized spacial score (nSPS) is 19.2. The first-order chi connectivity index (χ1) is 11.6. The number of rotatable bonds is 2. The molecule has 0 unspecified atom stereocenters. The van der Waals surface area contributed by atoms with Gasteiger partial charge in [0.15, 0.2) is 5.82 Å². The monoisotopic (exact) mass is 334 g/mol. The Bertz CT molecular complexity index is 596. The standard InChI is InChI=1S/C17H23FN4O2/c18-15-12-19-7-6-14(15)16(23)21-8-10-22(11-9-21)17(24)20-13-4-2-1-3-5-13/h6-7,12-13H,1-5,8-11H2,(H,20,24). The quantitative estimate of drug-likeness (QED) is 0.900. The maximum absolute atomic E-state index is 13.7. The second-order valence-electron chi connectivity index (χ2n) is 6.42. The van der Waals surface area contributed by atoms with Crippen LogP contribution in [0.4, 0.5) is 9.18 Å². The van der Waals surface area contributed by atoms with Crippen LogP contribution < -0.4 is 5.32 Å². The molecule has 0 radical (unpaired) electrons. The van der Waals surface area contributed by atoms with Gasteiger partial charge in [-0.3, -0.25) is 9.78 Å². The van der Waals surface area contributed by atoms with E-state index in [0.717, 1.165) is 19.0 Å². The largest absolute Gasteiger partial charge is 0.335 e. The maximum atomic E-state index is 13.7. The van der Waals surface area contributed by atoms with E-state index in [2.05, 4.69) is 10.3 Å². The molecule has 3 amide bonds. The van der Waals surface area contributed by atoms with Crippen LogP contribution in [-0.4, -0.2) is 58.9 Å². The number of carbonyl (C=O) groups excluding carboxylic acids is 2. The topological polar surface area (TPSA) is 65.5 Å². The van der Waals surface area contributed by atoms with Crippen molar-refractivity contribution in [2.75, 3.05) is 26.2 Å². The highest BCUT2D eigenvalue weighted by Gasteiger charge is 2.27. The third-order valence-corrected chi connectivity index (χ3v) is 4.79. The van der Waals surface area contributed by atoms with Crippen molar-refractivity contribution in [2.45, 2.75) is 38.1 Å². The molecule has 0 bridgehead atoms. The number of hydrogen-bond acceptors (Lipinski definition) is 3. The highest BCUT2D eigenvalue weighted by atomic mass is 19.1. The molecule has 0 spiro atoms. The van der Waals surface area contributed by atoms with E-state index in [1.165, 1.54) is 31.5 Å². The summed E-state index contributed by atoms with van der Waals surface area (Å²) in [5, 5.41) is 3.09. The molecule has 2 heterocycles. The zero-order valence-electron chi connectivity index (χ0n) is 13.7. The van der Waals surface area contributed by atoms with Crippen molar-refractivity contribution < 1.29 is 14.0 Å². The van der Waals surface area contributed by atoms with Gasteiger partial charge in [-0.1, -0.05) is 19.3 Å². The van der Waals surface area contributed by atoms with Crippen molar-refractivity contribution in [1.82, 2.24) is 20.1 Å². The Labute approximate surface area is 141 Å². The Morgan fingerprint density at radius 3 is 2.42 bits per heavy atom. The Balaban J connectivity index is 1.51. The first-order valence-corrected chi connectivity index (χ1v) is 8.59. The first kappa shape index (κ1) is 16.7. The van der Waals surface area contributed by atoms with Crippen LogP contribution in [0.3, 0.4) is 0 Å². The summed E-state index contributed by atoms with van der Waals surface area (Å²) in [7, 11) is 0. The number of hydrogen-bond donors (Lipinski definition) is 1. The fraction of sp³-hybridized carbons (Fsp3) is 0.588. The average Bonchev–Trinajstić information content (AvgIpc) is 2.62. The van der Waals surface area contributed by atoms with Gasteiger partial charge in [-0.05, 0) is 18.9 Å². The Hall–Kier alpha value is -2.18. The molecule has 1 saturated carbocycles. The van der Waals surface area contributed by atoms with Gasteiger partial charge in [-0.2, -0.15) is 0 Å². The number of carbonyl (C=O) groups is 2. The molecule has 1 aliphatic carbocycles. The van der Waals surface area contributed by atoms with E-state index in [4.69, 9.17) is 0 Å². The van der Waals surface area contributed by atoms with Gasteiger partial charge in [-0.25, -0.2) is 9.18 Å². The van der Waals surface area contributed by atoms with Crippen LogP contribution in [0.5, 0.6) is 0 Å². The van der Waals surface area contributed by atoms with Gasteiger partial charge in [0.25, 0.3) is 5.91 Å². The van der Waals surface area contributed by atoms with Crippen LogP contribution in [0, 0.1) is 5.82 Å². The van der Waals surface area contributed by atoms with E-state index in [-0.39, 0.29) is 23.5 Å². The summed E-state index contributed by atoms with van der Waals surface area (Å²) >= 11 is 0. The third-order valence-electron chi connectivity index (χ3n) is 4.79. The van der Waals surface area contributed by atoms with Crippen LogP contribution in [-0.2, 0) is 0 Å². The smallest absolute Gasteiger partial charge is 0.317 e. The Kier molecular flexibility index (Phi) is 5.27. The summed E-state index contributed by atoms with van der Waals surface area (Å²) in [5.74, 6) is -0.956. The van der Waals surface area contributed by atoms with Gasteiger partial charge in [0.2, 0.25) is 0 Å². The van der Waals surface area contributed by atoms with Crippen molar-refractivity contribution in [2.24, 2.45) is 0 Å². The lowest BCUT2D eigenvalue weighted by molar-refractivity contribution is 0.0657. The van der Waals surface area contributed by atoms with Crippen molar-refractivity contribution in [3.63, 3.8) is 0 Å². The summed E-state index contributed by atoms with van der Waals surface area (Å²) in [5.41, 5.74) is 0.0325. The molecule has 2 fully saturated rings. The molecule has 6 nitrogen and oxygen atoms in total. The van der Waals surface area contributed by atoms with Gasteiger partial charge in [-0.15, -0.1) is 0 Å². The lowest BCUT2D eigenvalue weighted by atomic mass is 9.96. The molecule has 0 aromatic carbocycles. The molecule has 1 N–H and O–H groups in total. The Morgan fingerprint density at radius 1 is 1.08 bits per heavy atom. The first-order valence-electron chi connectivity index (χ1n) is 8.59. The minimum absolute atomic E-state index is 0.0325. The van der Waals surface area contributed by atoms with Gasteiger partial charge in [0.05, 0.1) is 11.8 Å². The highest BCUT2D eigenvalue weighted by Crippen LogP contribution is 2.18. The minimum atomic E-state index is -0.611. The lowest BCUT2D eigenvalue weighted by Crippen LogP contribution is -2.54. The zero-order chi connectivity index (χ0) is 16.9. The summed E-state index contributed by atoms with van der Waals surface area (Å²) in [6.07, 6.45) is 8.14. The maximum Gasteiger partial charge on any atom is 0.317 e. The second kappa shape index (κ2) is 7.59. The lowest BCUT2D eigenvalue weighted by Gasteiger charge is -2.36. The fourth-order valence-corrected chi connectivity index (χ4v) is 3.34. The predicted octanol–water partition coefficient (Wildman–Crippen LogP) is 2.02. The summed E-state index contributed by atoms with van der Waals surface area (Å²) in [6, 6.07) is 1.61. The number of piperazine rings is 1. The number of pyridine rings is 1. The number of aromatic nitrogens is 1. The SMILES string of the molecule is O=C(NC1CCCCC1)N1CCN(C(=O)c2ccncc2F)CC1.